The van der Waals surface area contributed by atoms with Gasteiger partial charge in [0.05, 0.1) is 37.2 Å². The van der Waals surface area contributed by atoms with Crippen LogP contribution in [0.3, 0.4) is 0 Å². The average molecular weight is 604 g/mol. The molecule has 2 atom stereocenters. The Bertz CT molecular complexity index is 1630. The predicted molar refractivity (Wildman–Crippen MR) is 160 cm³/mol. The maximum absolute atomic E-state index is 14.5. The molecule has 0 aromatic heterocycles. The molecule has 1 saturated heterocycles. The Morgan fingerprint density at radius 1 is 0.767 bits per heavy atom. The van der Waals surface area contributed by atoms with Gasteiger partial charge in [0.25, 0.3) is 10.0 Å². The lowest BCUT2D eigenvalue weighted by Gasteiger charge is -2.35. The van der Waals surface area contributed by atoms with Crippen LogP contribution in [0, 0.1) is 0 Å². The largest absolute Gasteiger partial charge is 0.508 e. The minimum absolute atomic E-state index is 0.0287. The van der Waals surface area contributed by atoms with E-state index >= 15 is 0 Å². The van der Waals surface area contributed by atoms with E-state index in [0.29, 0.717) is 16.9 Å². The van der Waals surface area contributed by atoms with Crippen molar-refractivity contribution in [3.8, 4) is 17.2 Å². The van der Waals surface area contributed by atoms with Gasteiger partial charge in [-0.05, 0) is 71.6 Å². The molecule has 1 fully saturated rings. The highest BCUT2D eigenvalue weighted by Gasteiger charge is 2.45. The summed E-state index contributed by atoms with van der Waals surface area (Å²) in [5.74, 6) is 0.563. The number of benzene rings is 4. The third-order valence-corrected chi connectivity index (χ3v) is 9.17. The number of aromatic hydroxyl groups is 2. The van der Waals surface area contributed by atoms with Gasteiger partial charge in [-0.1, -0.05) is 54.6 Å². The van der Waals surface area contributed by atoms with E-state index in [1.54, 1.807) is 24.3 Å². The van der Waals surface area contributed by atoms with E-state index in [-0.39, 0.29) is 42.4 Å². The number of hydrogen-bond acceptors (Lipinski definition) is 7. The third-order valence-electron chi connectivity index (χ3n) is 7.40. The first kappa shape index (κ1) is 29.9. The molecule has 0 bridgehead atoms. The molecule has 0 unspecified atom stereocenters. The average Bonchev–Trinajstić information content (AvgIpc) is 3.11. The lowest BCUT2D eigenvalue weighted by atomic mass is 9.99. The summed E-state index contributed by atoms with van der Waals surface area (Å²) in [6.45, 7) is -0.483. The quantitative estimate of drug-likeness (QED) is 0.262. The summed E-state index contributed by atoms with van der Waals surface area (Å²) in [5, 5.41) is 32.4. The molecule has 224 valence electrons. The van der Waals surface area contributed by atoms with Crippen LogP contribution >= 0.6 is 0 Å². The Morgan fingerprint density at radius 2 is 1.33 bits per heavy atom. The fourth-order valence-corrected chi connectivity index (χ4v) is 6.54. The van der Waals surface area contributed by atoms with Gasteiger partial charge < -0.3 is 25.0 Å². The number of aliphatic hydroxyl groups excluding tert-OH is 1. The molecule has 1 aliphatic rings. The summed E-state index contributed by atoms with van der Waals surface area (Å²) >= 11 is 0. The topological polar surface area (TPSA) is 131 Å². The van der Waals surface area contributed by atoms with E-state index in [4.69, 9.17) is 4.74 Å². The molecule has 5 rings (SSSR count). The lowest BCUT2D eigenvalue weighted by Crippen LogP contribution is -2.52. The molecule has 0 aliphatic carbocycles. The van der Waals surface area contributed by atoms with Crippen LogP contribution in [0.4, 0.5) is 4.79 Å². The van der Waals surface area contributed by atoms with Gasteiger partial charge in [-0.25, -0.2) is 18.2 Å². The van der Waals surface area contributed by atoms with Gasteiger partial charge in [0.2, 0.25) is 0 Å². The van der Waals surface area contributed by atoms with Crippen molar-refractivity contribution in [2.75, 3.05) is 13.7 Å². The number of urea groups is 1. The first-order chi connectivity index (χ1) is 20.7. The second-order valence-corrected chi connectivity index (χ2v) is 12.2. The number of carbonyl (C=O) groups is 1. The maximum atomic E-state index is 14.5. The van der Waals surface area contributed by atoms with Crippen LogP contribution in [0.2, 0.25) is 0 Å². The summed E-state index contributed by atoms with van der Waals surface area (Å²) in [4.78, 5) is 15.9. The number of aliphatic hydroxyl groups is 1. The normalized spacial score (nSPS) is 18.0. The van der Waals surface area contributed by atoms with E-state index in [0.717, 1.165) is 15.0 Å². The number of hydrazine groups is 1. The molecule has 0 radical (unpaired) electrons. The van der Waals surface area contributed by atoms with Crippen LogP contribution in [0.1, 0.15) is 16.7 Å². The van der Waals surface area contributed by atoms with Crippen LogP contribution < -0.4 is 4.74 Å². The predicted octanol–water partition coefficient (Wildman–Crippen LogP) is 4.12. The van der Waals surface area contributed by atoms with Gasteiger partial charge in [0.1, 0.15) is 17.2 Å². The van der Waals surface area contributed by atoms with Crippen molar-refractivity contribution in [3.05, 3.63) is 120 Å². The Hall–Kier alpha value is -4.58. The number of hydrogen-bond donors (Lipinski definition) is 3. The molecule has 10 nitrogen and oxygen atoms in total. The monoisotopic (exact) mass is 603 g/mol. The number of β-amino-alcohol motifs (C(OH)–C–C–N with tert-alkyl or cyclic N) is 1. The van der Waals surface area contributed by atoms with Crippen molar-refractivity contribution < 1.29 is 33.3 Å². The SMILES string of the molecule is COc1ccc(S(=O)(=O)N2C[C@@H](O)[C@@H](Cc3ccccc3)N(Cc3ccc(O)cc3)C(=O)N2Cc2ccc(O)cc2)cc1. The van der Waals surface area contributed by atoms with E-state index in [1.165, 1.54) is 60.5 Å². The first-order valence-electron chi connectivity index (χ1n) is 13.7. The molecule has 11 heteroatoms. The van der Waals surface area contributed by atoms with Crippen molar-refractivity contribution in [3.63, 3.8) is 0 Å². The van der Waals surface area contributed by atoms with Gasteiger partial charge in [-0.3, -0.25) is 0 Å². The maximum Gasteiger partial charge on any atom is 0.336 e. The van der Waals surface area contributed by atoms with Crippen molar-refractivity contribution in [1.29, 1.82) is 0 Å². The van der Waals surface area contributed by atoms with Crippen molar-refractivity contribution >= 4 is 16.1 Å². The van der Waals surface area contributed by atoms with Gasteiger partial charge in [-0.2, -0.15) is 0 Å². The van der Waals surface area contributed by atoms with Crippen LogP contribution in [0.5, 0.6) is 17.2 Å². The Kier molecular flexibility index (Phi) is 8.86. The molecule has 3 N–H and O–H groups in total. The van der Waals surface area contributed by atoms with Crippen LogP contribution in [-0.2, 0) is 29.5 Å². The number of carbonyl (C=O) groups excluding carboxylic acids is 1. The number of rotatable bonds is 9. The number of phenols is 2. The summed E-state index contributed by atoms with van der Waals surface area (Å²) in [6.07, 6.45) is -0.992. The van der Waals surface area contributed by atoms with Crippen molar-refractivity contribution in [2.45, 2.75) is 36.6 Å². The fraction of sp³-hybridized carbons (Fsp3) is 0.219. The number of nitrogens with zero attached hydrogens (tertiary/aromatic N) is 3. The zero-order chi connectivity index (χ0) is 30.6. The van der Waals surface area contributed by atoms with Crippen LogP contribution in [-0.4, -0.2) is 69.9 Å². The van der Waals surface area contributed by atoms with Gasteiger partial charge in [-0.15, -0.1) is 4.41 Å². The molecule has 0 spiro atoms. The molecule has 1 heterocycles. The summed E-state index contributed by atoms with van der Waals surface area (Å²) in [7, 11) is -2.86. The highest BCUT2D eigenvalue weighted by atomic mass is 32.2. The Balaban J connectivity index is 1.61. The number of ether oxygens (including phenoxy) is 1. The molecular weight excluding hydrogens is 570 g/mol. The standard InChI is InChI=1S/C32H33N3O7S/c1-42-28-15-17-29(18-16-28)43(40,41)35-22-31(38)30(19-23-5-3-2-4-6-23)33(20-24-7-11-26(36)12-8-24)32(39)34(35)21-25-9-13-27(37)14-10-25/h2-18,30-31,36-38H,19-22H2,1H3/t30-,31-/m1/s1. The summed E-state index contributed by atoms with van der Waals surface area (Å²) < 4.78 is 34.4. The van der Waals surface area contributed by atoms with Crippen molar-refractivity contribution in [2.24, 2.45) is 0 Å². The second-order valence-electron chi connectivity index (χ2n) is 10.3. The Labute approximate surface area is 250 Å². The van der Waals surface area contributed by atoms with Crippen LogP contribution in [0.15, 0.2) is 108 Å². The molecule has 4 aromatic rings. The van der Waals surface area contributed by atoms with Gasteiger partial charge >= 0.3 is 6.03 Å². The second kappa shape index (κ2) is 12.7. The molecule has 43 heavy (non-hydrogen) atoms. The molecule has 1 aliphatic heterocycles. The number of methoxy groups -OCH3 is 1. The minimum Gasteiger partial charge on any atom is -0.508 e. The molecule has 2 amide bonds. The van der Waals surface area contributed by atoms with Gasteiger partial charge in [0.15, 0.2) is 0 Å². The highest BCUT2D eigenvalue weighted by molar-refractivity contribution is 7.89. The minimum atomic E-state index is -4.34. The lowest BCUT2D eigenvalue weighted by molar-refractivity contribution is 0.0549. The Morgan fingerprint density at radius 3 is 1.88 bits per heavy atom. The van der Waals surface area contributed by atoms with E-state index in [2.05, 4.69) is 0 Å². The highest BCUT2D eigenvalue weighted by Crippen LogP contribution is 2.30. The van der Waals surface area contributed by atoms with E-state index < -0.39 is 28.2 Å². The third kappa shape index (κ3) is 6.75. The molecular formula is C32H33N3O7S. The first-order valence-corrected chi connectivity index (χ1v) is 15.1. The smallest absolute Gasteiger partial charge is 0.336 e. The van der Waals surface area contributed by atoms with Crippen molar-refractivity contribution in [1.82, 2.24) is 14.3 Å². The number of sulfonamides is 1. The van der Waals surface area contributed by atoms with E-state index in [9.17, 15) is 28.5 Å². The van der Waals surface area contributed by atoms with Gasteiger partial charge in [0, 0.05) is 6.54 Å². The number of phenolic OH excluding ortho intramolecular Hbond substituents is 2. The number of amides is 2. The van der Waals surface area contributed by atoms with E-state index in [1.807, 2.05) is 30.3 Å². The van der Waals surface area contributed by atoms with Crippen LogP contribution in [0.25, 0.3) is 0 Å². The molecule has 4 aromatic carbocycles. The fourth-order valence-electron chi connectivity index (χ4n) is 5.08. The zero-order valence-electron chi connectivity index (χ0n) is 23.5. The zero-order valence-corrected chi connectivity index (χ0v) is 24.3. The summed E-state index contributed by atoms with van der Waals surface area (Å²) in [5.41, 5.74) is 2.13. The molecule has 0 saturated carbocycles. The summed E-state index contributed by atoms with van der Waals surface area (Å²) in [6, 6.07) is 26.3.